The molecule has 206 valence electrons. The number of nitrogens with one attached hydrogen (secondary N) is 1. The molecule has 1 N–H and O–H groups in total. The van der Waals surface area contributed by atoms with Gasteiger partial charge in [-0.05, 0) is 48.2 Å². The molecule has 3 aromatic rings. The topological polar surface area (TPSA) is 86.8 Å². The lowest BCUT2D eigenvalue weighted by atomic mass is 10.0. The lowest BCUT2D eigenvalue weighted by Crippen LogP contribution is -2.54. The molecule has 1 atom stereocenters. The zero-order chi connectivity index (χ0) is 27.8. The van der Waals surface area contributed by atoms with Gasteiger partial charge in [-0.15, -0.1) is 0 Å². The molecule has 0 saturated heterocycles. The number of nitrogens with zero attached hydrogens (tertiary/aromatic N) is 2. The molecular formula is C30H34ClN3O4S. The summed E-state index contributed by atoms with van der Waals surface area (Å²) in [5.74, 6) is -0.708. The van der Waals surface area contributed by atoms with Gasteiger partial charge < -0.3 is 10.2 Å². The minimum atomic E-state index is -3.78. The molecular weight excluding hydrogens is 534 g/mol. The molecule has 39 heavy (non-hydrogen) atoms. The van der Waals surface area contributed by atoms with E-state index in [0.717, 1.165) is 47.4 Å². The fraction of sp³-hybridized carbons (Fsp3) is 0.333. The van der Waals surface area contributed by atoms with Crippen molar-refractivity contribution in [2.45, 2.75) is 50.7 Å². The molecule has 1 fully saturated rings. The van der Waals surface area contributed by atoms with Crippen LogP contribution in [0.25, 0.3) is 0 Å². The predicted molar refractivity (Wildman–Crippen MR) is 155 cm³/mol. The number of hydrogen-bond donors (Lipinski definition) is 1. The highest BCUT2D eigenvalue weighted by Crippen LogP contribution is 2.22. The van der Waals surface area contributed by atoms with E-state index in [9.17, 15) is 18.0 Å². The highest BCUT2D eigenvalue weighted by molar-refractivity contribution is 7.92. The van der Waals surface area contributed by atoms with Gasteiger partial charge in [-0.1, -0.05) is 85.1 Å². The maximum absolute atomic E-state index is 14.0. The van der Waals surface area contributed by atoms with Crippen LogP contribution in [0.5, 0.6) is 0 Å². The number of carbonyl (C=O) groups is 2. The van der Waals surface area contributed by atoms with Gasteiger partial charge in [0.1, 0.15) is 12.6 Å². The zero-order valence-corrected chi connectivity index (χ0v) is 23.6. The SMILES string of the molecule is CS(=O)(=O)N(CC(=O)N(Cc1ccc(Cl)cc1)[C@H](Cc1ccccc1)C(=O)NC1CCCC1)c1ccccc1. The van der Waals surface area contributed by atoms with Crippen LogP contribution in [0.4, 0.5) is 5.69 Å². The monoisotopic (exact) mass is 567 g/mol. The Kier molecular flexibility index (Phi) is 9.64. The molecule has 2 amide bonds. The van der Waals surface area contributed by atoms with Crippen LogP contribution in [0.1, 0.15) is 36.8 Å². The maximum Gasteiger partial charge on any atom is 0.244 e. The second-order valence-electron chi connectivity index (χ2n) is 9.95. The van der Waals surface area contributed by atoms with Crippen molar-refractivity contribution in [2.75, 3.05) is 17.1 Å². The average Bonchev–Trinajstić information content (AvgIpc) is 3.43. The molecule has 0 aliphatic heterocycles. The number of benzene rings is 3. The van der Waals surface area contributed by atoms with Crippen LogP contribution in [0, 0.1) is 0 Å². The van der Waals surface area contributed by atoms with Gasteiger partial charge in [0.2, 0.25) is 21.8 Å². The van der Waals surface area contributed by atoms with Gasteiger partial charge in [-0.25, -0.2) is 8.42 Å². The molecule has 0 aromatic heterocycles. The van der Waals surface area contributed by atoms with Crippen LogP contribution in [0.2, 0.25) is 5.02 Å². The number of halogens is 1. The molecule has 0 spiro atoms. The summed E-state index contributed by atoms with van der Waals surface area (Å²) < 4.78 is 26.6. The van der Waals surface area contributed by atoms with Gasteiger partial charge in [0.15, 0.2) is 0 Å². The van der Waals surface area contributed by atoms with Crippen LogP contribution >= 0.6 is 11.6 Å². The summed E-state index contributed by atoms with van der Waals surface area (Å²) in [6, 6.07) is 24.4. The fourth-order valence-corrected chi connectivity index (χ4v) is 5.89. The van der Waals surface area contributed by atoms with E-state index in [2.05, 4.69) is 5.32 Å². The van der Waals surface area contributed by atoms with Gasteiger partial charge in [-0.2, -0.15) is 0 Å². The van der Waals surface area contributed by atoms with Crippen LogP contribution in [0.3, 0.4) is 0 Å². The third-order valence-corrected chi connectivity index (χ3v) is 8.35. The Morgan fingerprint density at radius 1 is 0.897 bits per heavy atom. The standard InChI is InChI=1S/C30H34ClN3O4S/c1-39(37,38)34(27-14-6-3-7-15-27)22-29(35)33(21-24-16-18-25(31)19-17-24)28(20-23-10-4-2-5-11-23)30(36)32-26-12-8-9-13-26/h2-7,10-11,14-19,26,28H,8-9,12-13,20-22H2,1H3,(H,32,36)/t28-/m1/s1. The Balaban J connectivity index is 1.70. The van der Waals surface area contributed by atoms with E-state index in [1.807, 2.05) is 42.5 Å². The molecule has 9 heteroatoms. The molecule has 7 nitrogen and oxygen atoms in total. The van der Waals surface area contributed by atoms with Crippen molar-refractivity contribution in [3.8, 4) is 0 Å². The first-order valence-corrected chi connectivity index (χ1v) is 15.3. The van der Waals surface area contributed by atoms with Crippen molar-refractivity contribution >= 4 is 39.1 Å². The van der Waals surface area contributed by atoms with E-state index < -0.39 is 28.5 Å². The summed E-state index contributed by atoms with van der Waals surface area (Å²) >= 11 is 6.10. The van der Waals surface area contributed by atoms with Crippen molar-refractivity contribution in [3.05, 3.63) is 101 Å². The summed E-state index contributed by atoms with van der Waals surface area (Å²) in [7, 11) is -3.78. The minimum absolute atomic E-state index is 0.0695. The van der Waals surface area contributed by atoms with Gasteiger partial charge in [-0.3, -0.25) is 13.9 Å². The second-order valence-corrected chi connectivity index (χ2v) is 12.3. The molecule has 4 rings (SSSR count). The van der Waals surface area contributed by atoms with Crippen molar-refractivity contribution in [2.24, 2.45) is 0 Å². The van der Waals surface area contributed by atoms with Gasteiger partial charge in [0.05, 0.1) is 11.9 Å². The number of para-hydroxylation sites is 1. The predicted octanol–water partition coefficient (Wildman–Crippen LogP) is 4.80. The third-order valence-electron chi connectivity index (χ3n) is 6.96. The molecule has 1 aliphatic rings. The lowest BCUT2D eigenvalue weighted by Gasteiger charge is -2.34. The molecule has 0 heterocycles. The summed E-state index contributed by atoms with van der Waals surface area (Å²) in [5, 5.41) is 3.72. The Labute approximate surface area is 235 Å². The zero-order valence-electron chi connectivity index (χ0n) is 22.0. The number of sulfonamides is 1. The fourth-order valence-electron chi connectivity index (χ4n) is 4.92. The van der Waals surface area contributed by atoms with Crippen molar-refractivity contribution in [1.29, 1.82) is 0 Å². The molecule has 1 saturated carbocycles. The Morgan fingerprint density at radius 2 is 1.49 bits per heavy atom. The van der Waals surface area contributed by atoms with E-state index >= 15 is 0 Å². The highest BCUT2D eigenvalue weighted by Gasteiger charge is 2.34. The summed E-state index contributed by atoms with van der Waals surface area (Å²) in [6.07, 6.45) is 5.30. The summed E-state index contributed by atoms with van der Waals surface area (Å²) in [4.78, 5) is 29.3. The second kappa shape index (κ2) is 13.1. The van der Waals surface area contributed by atoms with E-state index in [4.69, 9.17) is 11.6 Å². The summed E-state index contributed by atoms with van der Waals surface area (Å²) in [6.45, 7) is -0.309. The van der Waals surface area contributed by atoms with Gasteiger partial charge in [0.25, 0.3) is 0 Å². The molecule has 0 radical (unpaired) electrons. The van der Waals surface area contributed by atoms with E-state index in [1.165, 1.54) is 4.90 Å². The first kappa shape index (κ1) is 28.6. The number of rotatable bonds is 11. The summed E-state index contributed by atoms with van der Waals surface area (Å²) in [5.41, 5.74) is 2.07. The Morgan fingerprint density at radius 3 is 2.08 bits per heavy atom. The van der Waals surface area contributed by atoms with E-state index in [1.54, 1.807) is 42.5 Å². The first-order valence-electron chi connectivity index (χ1n) is 13.1. The number of carbonyl (C=O) groups excluding carboxylic acids is 2. The highest BCUT2D eigenvalue weighted by atomic mass is 35.5. The average molecular weight is 568 g/mol. The van der Waals surface area contributed by atoms with E-state index in [0.29, 0.717) is 17.1 Å². The largest absolute Gasteiger partial charge is 0.352 e. The van der Waals surface area contributed by atoms with Crippen LogP contribution in [-0.4, -0.2) is 50.0 Å². The van der Waals surface area contributed by atoms with Crippen LogP contribution in [0.15, 0.2) is 84.9 Å². The Bertz CT molecular complexity index is 1350. The van der Waals surface area contributed by atoms with Gasteiger partial charge in [0, 0.05) is 24.0 Å². The smallest absolute Gasteiger partial charge is 0.244 e. The number of anilines is 1. The molecule has 3 aromatic carbocycles. The quantitative estimate of drug-likeness (QED) is 0.360. The molecule has 1 aliphatic carbocycles. The lowest BCUT2D eigenvalue weighted by molar-refractivity contribution is -0.140. The molecule has 0 bridgehead atoms. The van der Waals surface area contributed by atoms with Gasteiger partial charge >= 0.3 is 0 Å². The van der Waals surface area contributed by atoms with Crippen LogP contribution < -0.4 is 9.62 Å². The molecule has 0 unspecified atom stereocenters. The van der Waals surface area contributed by atoms with Crippen molar-refractivity contribution < 1.29 is 18.0 Å². The van der Waals surface area contributed by atoms with Crippen LogP contribution in [-0.2, 0) is 32.6 Å². The first-order chi connectivity index (χ1) is 18.7. The Hall–Kier alpha value is -3.36. The normalized spacial score (nSPS) is 14.5. The number of amides is 2. The van der Waals surface area contributed by atoms with E-state index in [-0.39, 0.29) is 18.5 Å². The maximum atomic E-state index is 14.0. The van der Waals surface area contributed by atoms with Crippen molar-refractivity contribution in [1.82, 2.24) is 10.2 Å². The number of hydrogen-bond acceptors (Lipinski definition) is 4. The van der Waals surface area contributed by atoms with Crippen molar-refractivity contribution in [3.63, 3.8) is 0 Å². The minimum Gasteiger partial charge on any atom is -0.352 e. The third kappa shape index (κ3) is 8.07.